The minimum Gasteiger partial charge on any atom is -0.379 e. The molecule has 0 aliphatic rings. The molecule has 0 spiro atoms. The van der Waals surface area contributed by atoms with Crippen molar-refractivity contribution >= 4 is 5.91 Å². The average molecular weight is 244 g/mol. The van der Waals surface area contributed by atoms with Gasteiger partial charge in [-0.05, 0) is 33.6 Å². The first-order chi connectivity index (χ1) is 7.91. The van der Waals surface area contributed by atoms with Crippen molar-refractivity contribution in [2.24, 2.45) is 0 Å². The molecule has 0 aromatic heterocycles. The van der Waals surface area contributed by atoms with Crippen LogP contribution >= 0.6 is 0 Å². The SMILES string of the molecule is CCCNC(=O)CCNC(C)CC(C)(C)OC. The van der Waals surface area contributed by atoms with Gasteiger partial charge >= 0.3 is 0 Å². The fourth-order valence-electron chi connectivity index (χ4n) is 1.68. The molecule has 102 valence electrons. The van der Waals surface area contributed by atoms with Gasteiger partial charge in [0.15, 0.2) is 0 Å². The first-order valence-electron chi connectivity index (χ1n) is 6.46. The van der Waals surface area contributed by atoms with Crippen molar-refractivity contribution in [3.05, 3.63) is 0 Å². The van der Waals surface area contributed by atoms with Crippen molar-refractivity contribution in [1.82, 2.24) is 10.6 Å². The van der Waals surface area contributed by atoms with Crippen LogP contribution in [0.2, 0.25) is 0 Å². The van der Waals surface area contributed by atoms with E-state index in [1.54, 1.807) is 7.11 Å². The number of carbonyl (C=O) groups is 1. The third-order valence-electron chi connectivity index (χ3n) is 2.77. The molecule has 0 fully saturated rings. The molecule has 4 heteroatoms. The van der Waals surface area contributed by atoms with Crippen LogP contribution in [0.5, 0.6) is 0 Å². The molecular formula is C13H28N2O2. The van der Waals surface area contributed by atoms with Crippen LogP contribution in [0.4, 0.5) is 0 Å². The molecule has 0 aliphatic heterocycles. The second-order valence-electron chi connectivity index (χ2n) is 5.12. The first-order valence-corrected chi connectivity index (χ1v) is 6.46. The van der Waals surface area contributed by atoms with E-state index in [0.29, 0.717) is 12.5 Å². The molecule has 17 heavy (non-hydrogen) atoms. The number of hydrogen-bond donors (Lipinski definition) is 2. The summed E-state index contributed by atoms with van der Waals surface area (Å²) in [6, 6.07) is 0.351. The maximum atomic E-state index is 11.3. The summed E-state index contributed by atoms with van der Waals surface area (Å²) in [6.45, 7) is 9.79. The first kappa shape index (κ1) is 16.4. The molecule has 2 N–H and O–H groups in total. The topological polar surface area (TPSA) is 50.4 Å². The van der Waals surface area contributed by atoms with E-state index in [1.807, 2.05) is 6.92 Å². The molecule has 4 nitrogen and oxygen atoms in total. The number of carbonyl (C=O) groups excluding carboxylic acids is 1. The lowest BCUT2D eigenvalue weighted by Crippen LogP contribution is -2.37. The van der Waals surface area contributed by atoms with E-state index in [-0.39, 0.29) is 11.5 Å². The summed E-state index contributed by atoms with van der Waals surface area (Å²) >= 11 is 0. The minimum atomic E-state index is -0.114. The standard InChI is InChI=1S/C13H28N2O2/c1-6-8-15-12(16)7-9-14-11(2)10-13(3,4)17-5/h11,14H,6-10H2,1-5H3,(H,15,16). The molecule has 0 heterocycles. The Kier molecular flexibility index (Phi) is 8.17. The molecule has 1 amide bonds. The number of amides is 1. The highest BCUT2D eigenvalue weighted by Gasteiger charge is 2.19. The maximum absolute atomic E-state index is 11.3. The smallest absolute Gasteiger partial charge is 0.221 e. The monoisotopic (exact) mass is 244 g/mol. The largest absolute Gasteiger partial charge is 0.379 e. The van der Waals surface area contributed by atoms with Gasteiger partial charge in [0.2, 0.25) is 5.91 Å². The molecule has 0 aliphatic carbocycles. The van der Waals surface area contributed by atoms with Gasteiger partial charge < -0.3 is 15.4 Å². The van der Waals surface area contributed by atoms with Gasteiger partial charge in [-0.15, -0.1) is 0 Å². The van der Waals surface area contributed by atoms with Crippen LogP contribution in [0.3, 0.4) is 0 Å². The lowest BCUT2D eigenvalue weighted by Gasteiger charge is -2.27. The van der Waals surface area contributed by atoms with E-state index >= 15 is 0 Å². The third kappa shape index (κ3) is 9.12. The van der Waals surface area contributed by atoms with Crippen LogP contribution in [0.1, 0.15) is 47.0 Å². The Balaban J connectivity index is 3.64. The van der Waals surface area contributed by atoms with Crippen LogP contribution in [0.25, 0.3) is 0 Å². The van der Waals surface area contributed by atoms with Crippen molar-refractivity contribution in [3.63, 3.8) is 0 Å². The summed E-state index contributed by atoms with van der Waals surface area (Å²) in [5, 5.41) is 6.20. The molecular weight excluding hydrogens is 216 g/mol. The van der Waals surface area contributed by atoms with Crippen molar-refractivity contribution < 1.29 is 9.53 Å². The summed E-state index contributed by atoms with van der Waals surface area (Å²) in [5.74, 6) is 0.123. The van der Waals surface area contributed by atoms with Crippen LogP contribution in [-0.2, 0) is 9.53 Å². The van der Waals surface area contributed by atoms with Gasteiger partial charge in [0.05, 0.1) is 5.60 Å². The molecule has 0 saturated carbocycles. The molecule has 0 saturated heterocycles. The highest BCUT2D eigenvalue weighted by Crippen LogP contribution is 2.15. The minimum absolute atomic E-state index is 0.114. The predicted molar refractivity (Wildman–Crippen MR) is 71.1 cm³/mol. The highest BCUT2D eigenvalue weighted by atomic mass is 16.5. The molecule has 0 radical (unpaired) electrons. The molecule has 0 aromatic carbocycles. The van der Waals surface area contributed by atoms with Crippen molar-refractivity contribution in [2.45, 2.75) is 58.6 Å². The van der Waals surface area contributed by atoms with Gasteiger partial charge in [0.1, 0.15) is 0 Å². The average Bonchev–Trinajstić information content (AvgIpc) is 2.25. The fraction of sp³-hybridized carbons (Fsp3) is 0.923. The second kappa shape index (κ2) is 8.48. The summed E-state index contributed by atoms with van der Waals surface area (Å²) in [7, 11) is 1.73. The number of hydrogen-bond acceptors (Lipinski definition) is 3. The number of methoxy groups -OCH3 is 1. The Morgan fingerprint density at radius 2 is 2.00 bits per heavy atom. The zero-order valence-corrected chi connectivity index (χ0v) is 11.9. The highest BCUT2D eigenvalue weighted by molar-refractivity contribution is 5.75. The Hall–Kier alpha value is -0.610. The Labute approximate surface area is 105 Å². The van der Waals surface area contributed by atoms with Crippen LogP contribution in [0, 0.1) is 0 Å². The van der Waals surface area contributed by atoms with Crippen LogP contribution in [0.15, 0.2) is 0 Å². The fourth-order valence-corrected chi connectivity index (χ4v) is 1.68. The van der Waals surface area contributed by atoms with E-state index in [2.05, 4.69) is 31.4 Å². The van der Waals surface area contributed by atoms with Gasteiger partial charge in [-0.1, -0.05) is 6.92 Å². The molecule has 0 bridgehead atoms. The van der Waals surface area contributed by atoms with Crippen molar-refractivity contribution in [3.8, 4) is 0 Å². The second-order valence-corrected chi connectivity index (χ2v) is 5.12. The normalized spacial score (nSPS) is 13.5. The van der Waals surface area contributed by atoms with E-state index < -0.39 is 0 Å². The summed E-state index contributed by atoms with van der Waals surface area (Å²) in [5.41, 5.74) is -0.114. The molecule has 0 rings (SSSR count). The zero-order valence-electron chi connectivity index (χ0n) is 11.9. The molecule has 1 atom stereocenters. The van der Waals surface area contributed by atoms with Gasteiger partial charge in [-0.3, -0.25) is 4.79 Å². The van der Waals surface area contributed by atoms with Crippen molar-refractivity contribution in [2.75, 3.05) is 20.2 Å². The van der Waals surface area contributed by atoms with E-state index in [0.717, 1.165) is 25.9 Å². The Morgan fingerprint density at radius 1 is 1.35 bits per heavy atom. The zero-order chi connectivity index (χ0) is 13.3. The summed E-state index contributed by atoms with van der Waals surface area (Å²) < 4.78 is 5.37. The number of rotatable bonds is 9. The third-order valence-corrected chi connectivity index (χ3v) is 2.77. The van der Waals surface area contributed by atoms with Gasteiger partial charge in [0, 0.05) is 32.7 Å². The van der Waals surface area contributed by atoms with E-state index in [9.17, 15) is 4.79 Å². The van der Waals surface area contributed by atoms with E-state index in [1.165, 1.54) is 0 Å². The number of nitrogens with one attached hydrogen (secondary N) is 2. The molecule has 1 unspecified atom stereocenters. The van der Waals surface area contributed by atoms with Crippen molar-refractivity contribution in [1.29, 1.82) is 0 Å². The van der Waals surface area contributed by atoms with Gasteiger partial charge in [-0.2, -0.15) is 0 Å². The number of ether oxygens (including phenoxy) is 1. The summed E-state index contributed by atoms with van der Waals surface area (Å²) in [6.07, 6.45) is 2.45. The molecule has 0 aromatic rings. The Morgan fingerprint density at radius 3 is 2.53 bits per heavy atom. The summed E-state index contributed by atoms with van der Waals surface area (Å²) in [4.78, 5) is 11.3. The lowest BCUT2D eigenvalue weighted by molar-refractivity contribution is -0.121. The maximum Gasteiger partial charge on any atom is 0.221 e. The van der Waals surface area contributed by atoms with Gasteiger partial charge in [-0.25, -0.2) is 0 Å². The van der Waals surface area contributed by atoms with E-state index in [4.69, 9.17) is 4.74 Å². The lowest BCUT2D eigenvalue weighted by atomic mass is 10.00. The van der Waals surface area contributed by atoms with Crippen LogP contribution < -0.4 is 10.6 Å². The quantitative estimate of drug-likeness (QED) is 0.649. The van der Waals surface area contributed by atoms with Crippen LogP contribution in [-0.4, -0.2) is 37.7 Å². The van der Waals surface area contributed by atoms with Gasteiger partial charge in [0.25, 0.3) is 0 Å². The Bertz CT molecular complexity index is 217. The predicted octanol–water partition coefficient (Wildman–Crippen LogP) is 1.70.